The minimum absolute atomic E-state index is 0.236. The van der Waals surface area contributed by atoms with Crippen LogP contribution in [0.1, 0.15) is 33.1 Å². The SMILES string of the molecule is CC1CC1CN(C)CC(C)(NC1CC1)C(N)=O. The number of hydrogen-bond donors (Lipinski definition) is 2. The Morgan fingerprint density at radius 2 is 2.12 bits per heavy atom. The number of rotatable bonds is 7. The second kappa shape index (κ2) is 4.58. The van der Waals surface area contributed by atoms with E-state index in [1.807, 2.05) is 6.92 Å². The fourth-order valence-corrected chi connectivity index (χ4v) is 2.53. The van der Waals surface area contributed by atoms with Crippen molar-refractivity contribution in [3.05, 3.63) is 0 Å². The molecule has 3 atom stereocenters. The highest BCUT2D eigenvalue weighted by Crippen LogP contribution is 2.38. The second-order valence-corrected chi connectivity index (χ2v) is 6.28. The molecule has 3 unspecified atom stereocenters. The number of nitrogens with one attached hydrogen (secondary N) is 1. The summed E-state index contributed by atoms with van der Waals surface area (Å²) in [7, 11) is 2.08. The molecule has 4 nitrogen and oxygen atoms in total. The third kappa shape index (κ3) is 3.42. The average Bonchev–Trinajstić information content (AvgIpc) is 3.08. The van der Waals surface area contributed by atoms with Gasteiger partial charge in [-0.05, 0) is 45.1 Å². The molecule has 3 N–H and O–H groups in total. The summed E-state index contributed by atoms with van der Waals surface area (Å²) in [6.07, 6.45) is 3.67. The number of likely N-dealkylation sites (N-methyl/N-ethyl adjacent to an activating group) is 1. The highest BCUT2D eigenvalue weighted by molar-refractivity contribution is 5.84. The van der Waals surface area contributed by atoms with E-state index >= 15 is 0 Å². The Bertz CT molecular complexity index is 303. The zero-order chi connectivity index (χ0) is 12.6. The summed E-state index contributed by atoms with van der Waals surface area (Å²) < 4.78 is 0. The lowest BCUT2D eigenvalue weighted by Gasteiger charge is -2.32. The zero-order valence-electron chi connectivity index (χ0n) is 11.2. The summed E-state index contributed by atoms with van der Waals surface area (Å²) in [6, 6.07) is 0.501. The van der Waals surface area contributed by atoms with Crippen LogP contribution in [0.25, 0.3) is 0 Å². The van der Waals surface area contributed by atoms with Gasteiger partial charge in [0.2, 0.25) is 5.91 Å². The van der Waals surface area contributed by atoms with Crippen molar-refractivity contribution < 1.29 is 4.79 Å². The van der Waals surface area contributed by atoms with Gasteiger partial charge in [-0.25, -0.2) is 0 Å². The molecule has 4 heteroatoms. The lowest BCUT2D eigenvalue weighted by molar-refractivity contribution is -0.124. The van der Waals surface area contributed by atoms with Crippen molar-refractivity contribution in [2.45, 2.75) is 44.7 Å². The van der Waals surface area contributed by atoms with Gasteiger partial charge >= 0.3 is 0 Å². The van der Waals surface area contributed by atoms with Crippen LogP contribution in [-0.2, 0) is 4.79 Å². The number of amides is 1. The van der Waals surface area contributed by atoms with E-state index in [1.54, 1.807) is 0 Å². The van der Waals surface area contributed by atoms with Crippen LogP contribution in [0, 0.1) is 11.8 Å². The van der Waals surface area contributed by atoms with E-state index < -0.39 is 5.54 Å². The fraction of sp³-hybridized carbons (Fsp3) is 0.923. The Balaban J connectivity index is 1.84. The van der Waals surface area contributed by atoms with E-state index in [9.17, 15) is 4.79 Å². The van der Waals surface area contributed by atoms with Crippen LogP contribution in [0.2, 0.25) is 0 Å². The standard InChI is InChI=1S/C13H25N3O/c1-9-6-10(9)7-16(3)8-13(2,12(14)17)15-11-4-5-11/h9-11,15H,4-8H2,1-3H3,(H2,14,17). The molecule has 0 bridgehead atoms. The van der Waals surface area contributed by atoms with E-state index in [0.717, 1.165) is 18.4 Å². The van der Waals surface area contributed by atoms with Gasteiger partial charge in [0.05, 0.1) is 0 Å². The number of nitrogens with two attached hydrogens (primary N) is 1. The van der Waals surface area contributed by atoms with E-state index in [4.69, 9.17) is 5.73 Å². The first-order chi connectivity index (χ1) is 7.90. The van der Waals surface area contributed by atoms with Crippen molar-refractivity contribution in [3.63, 3.8) is 0 Å². The molecule has 0 heterocycles. The smallest absolute Gasteiger partial charge is 0.238 e. The van der Waals surface area contributed by atoms with Crippen LogP contribution in [0.4, 0.5) is 0 Å². The van der Waals surface area contributed by atoms with Gasteiger partial charge in [-0.2, -0.15) is 0 Å². The third-order valence-electron chi connectivity index (χ3n) is 4.05. The van der Waals surface area contributed by atoms with Crippen LogP contribution in [-0.4, -0.2) is 42.5 Å². The van der Waals surface area contributed by atoms with Crippen LogP contribution in [0.15, 0.2) is 0 Å². The lowest BCUT2D eigenvalue weighted by atomic mass is 10.0. The van der Waals surface area contributed by atoms with Gasteiger partial charge in [-0.15, -0.1) is 0 Å². The Hall–Kier alpha value is -0.610. The predicted molar refractivity (Wildman–Crippen MR) is 68.5 cm³/mol. The third-order valence-corrected chi connectivity index (χ3v) is 4.05. The molecule has 2 aliphatic rings. The highest BCUT2D eigenvalue weighted by atomic mass is 16.1. The van der Waals surface area contributed by atoms with E-state index in [0.29, 0.717) is 12.6 Å². The molecule has 2 fully saturated rings. The lowest BCUT2D eigenvalue weighted by Crippen LogP contribution is -2.60. The zero-order valence-corrected chi connectivity index (χ0v) is 11.2. The van der Waals surface area contributed by atoms with Crippen LogP contribution in [0.3, 0.4) is 0 Å². The van der Waals surface area contributed by atoms with E-state index in [2.05, 4.69) is 24.2 Å². The number of primary amides is 1. The van der Waals surface area contributed by atoms with Crippen molar-refractivity contribution in [2.75, 3.05) is 20.1 Å². The topological polar surface area (TPSA) is 58.4 Å². The maximum atomic E-state index is 11.6. The molecule has 0 spiro atoms. The molecule has 0 aliphatic heterocycles. The Morgan fingerprint density at radius 3 is 2.53 bits per heavy atom. The van der Waals surface area contributed by atoms with Gasteiger partial charge in [0, 0.05) is 19.1 Å². The Labute approximate surface area is 104 Å². The molecule has 0 aromatic rings. The van der Waals surface area contributed by atoms with Crippen molar-refractivity contribution in [1.82, 2.24) is 10.2 Å². The molecule has 0 radical (unpaired) electrons. The van der Waals surface area contributed by atoms with Crippen molar-refractivity contribution >= 4 is 5.91 Å². The van der Waals surface area contributed by atoms with Crippen LogP contribution >= 0.6 is 0 Å². The van der Waals surface area contributed by atoms with Gasteiger partial charge < -0.3 is 10.6 Å². The summed E-state index contributed by atoms with van der Waals surface area (Å²) in [4.78, 5) is 13.9. The highest BCUT2D eigenvalue weighted by Gasteiger charge is 2.39. The normalized spacial score (nSPS) is 31.3. The summed E-state index contributed by atoms with van der Waals surface area (Å²) in [5, 5.41) is 3.39. The van der Waals surface area contributed by atoms with Gasteiger partial charge in [0.15, 0.2) is 0 Å². The molecule has 0 aromatic heterocycles. The first-order valence-electron chi connectivity index (χ1n) is 6.67. The summed E-state index contributed by atoms with van der Waals surface area (Å²) in [6.45, 7) is 6.01. The van der Waals surface area contributed by atoms with Crippen LogP contribution < -0.4 is 11.1 Å². The second-order valence-electron chi connectivity index (χ2n) is 6.28. The minimum atomic E-state index is -0.575. The van der Waals surface area contributed by atoms with Gasteiger partial charge in [0.25, 0.3) is 0 Å². The largest absolute Gasteiger partial charge is 0.368 e. The van der Waals surface area contributed by atoms with Crippen molar-refractivity contribution in [3.8, 4) is 0 Å². The molecule has 2 aliphatic carbocycles. The first kappa shape index (κ1) is 12.8. The van der Waals surface area contributed by atoms with Crippen molar-refractivity contribution in [2.24, 2.45) is 17.6 Å². The van der Waals surface area contributed by atoms with E-state index in [-0.39, 0.29) is 5.91 Å². The monoisotopic (exact) mass is 239 g/mol. The fourth-order valence-electron chi connectivity index (χ4n) is 2.53. The number of nitrogens with zero attached hydrogens (tertiary/aromatic N) is 1. The molecule has 17 heavy (non-hydrogen) atoms. The van der Waals surface area contributed by atoms with Crippen molar-refractivity contribution in [1.29, 1.82) is 0 Å². The molecule has 2 rings (SSSR count). The van der Waals surface area contributed by atoms with Gasteiger partial charge in [-0.1, -0.05) is 6.92 Å². The minimum Gasteiger partial charge on any atom is -0.368 e. The molecule has 2 saturated carbocycles. The Morgan fingerprint density at radius 1 is 1.53 bits per heavy atom. The Kier molecular flexibility index (Phi) is 3.46. The predicted octanol–water partition coefficient (Wildman–Crippen LogP) is 0.570. The molecule has 0 aromatic carbocycles. The maximum Gasteiger partial charge on any atom is 0.238 e. The summed E-state index contributed by atoms with van der Waals surface area (Å²) in [5.41, 5.74) is 4.97. The summed E-state index contributed by atoms with van der Waals surface area (Å²) in [5.74, 6) is 1.44. The molecule has 1 amide bonds. The van der Waals surface area contributed by atoms with Crippen LogP contribution in [0.5, 0.6) is 0 Å². The molecular formula is C13H25N3O. The average molecular weight is 239 g/mol. The summed E-state index contributed by atoms with van der Waals surface area (Å²) >= 11 is 0. The van der Waals surface area contributed by atoms with Gasteiger partial charge in [0.1, 0.15) is 5.54 Å². The maximum absolute atomic E-state index is 11.6. The quantitative estimate of drug-likeness (QED) is 0.683. The molecular weight excluding hydrogens is 214 g/mol. The first-order valence-corrected chi connectivity index (χ1v) is 6.67. The number of hydrogen-bond acceptors (Lipinski definition) is 3. The number of carbonyl (C=O) groups excluding carboxylic acids is 1. The molecule has 0 saturated heterocycles. The van der Waals surface area contributed by atoms with Gasteiger partial charge in [-0.3, -0.25) is 10.1 Å². The number of carbonyl (C=O) groups is 1. The molecule has 98 valence electrons. The van der Waals surface area contributed by atoms with E-state index in [1.165, 1.54) is 19.3 Å².